The monoisotopic (exact) mass is 272 g/mol. The van der Waals surface area contributed by atoms with E-state index in [9.17, 15) is 18.0 Å². The molecule has 19 heavy (non-hydrogen) atoms. The second-order valence-corrected chi connectivity index (χ2v) is 4.81. The Balaban J connectivity index is 1.94. The van der Waals surface area contributed by atoms with Crippen LogP contribution < -0.4 is 5.32 Å². The molecule has 0 aliphatic heterocycles. The van der Waals surface area contributed by atoms with Crippen molar-refractivity contribution in [3.05, 3.63) is 30.1 Å². The first-order valence-corrected chi connectivity index (χ1v) is 6.24. The van der Waals surface area contributed by atoms with Crippen molar-refractivity contribution in [3.8, 4) is 0 Å². The Morgan fingerprint density at radius 2 is 1.95 bits per heavy atom. The van der Waals surface area contributed by atoms with Crippen molar-refractivity contribution < 1.29 is 18.0 Å². The largest absolute Gasteiger partial charge is 0.391 e. The summed E-state index contributed by atoms with van der Waals surface area (Å²) < 4.78 is 38.0. The zero-order valence-corrected chi connectivity index (χ0v) is 10.3. The molecule has 1 N–H and O–H groups in total. The van der Waals surface area contributed by atoms with Crippen LogP contribution in [-0.2, 0) is 0 Å². The summed E-state index contributed by atoms with van der Waals surface area (Å²) in [6.45, 7) is 0. The van der Waals surface area contributed by atoms with Gasteiger partial charge in [0.25, 0.3) is 5.91 Å². The van der Waals surface area contributed by atoms with Crippen LogP contribution in [0.4, 0.5) is 13.2 Å². The highest BCUT2D eigenvalue weighted by atomic mass is 19.4. The Hall–Kier alpha value is -1.59. The third-order valence-corrected chi connectivity index (χ3v) is 3.41. The van der Waals surface area contributed by atoms with E-state index in [1.54, 1.807) is 12.1 Å². The van der Waals surface area contributed by atoms with Gasteiger partial charge in [-0.2, -0.15) is 13.2 Å². The molecular formula is C13H15F3N2O. The van der Waals surface area contributed by atoms with Gasteiger partial charge in [0.1, 0.15) is 0 Å². The van der Waals surface area contributed by atoms with Gasteiger partial charge in [-0.15, -0.1) is 0 Å². The predicted octanol–water partition coefficient (Wildman–Crippen LogP) is 2.93. The number of halogens is 3. The van der Waals surface area contributed by atoms with Crippen LogP contribution in [0.2, 0.25) is 0 Å². The minimum Gasteiger partial charge on any atom is -0.349 e. The molecule has 0 saturated heterocycles. The number of carbonyl (C=O) groups is 1. The first-order chi connectivity index (χ1) is 8.97. The second-order valence-electron chi connectivity index (χ2n) is 4.81. The van der Waals surface area contributed by atoms with Gasteiger partial charge < -0.3 is 5.32 Å². The minimum atomic E-state index is -4.17. The van der Waals surface area contributed by atoms with Gasteiger partial charge in [0, 0.05) is 24.0 Å². The molecule has 2 rings (SSSR count). The molecule has 1 aliphatic rings. The molecule has 6 heteroatoms. The zero-order valence-electron chi connectivity index (χ0n) is 10.3. The Bertz CT molecular complexity index is 433. The highest BCUT2D eigenvalue weighted by Crippen LogP contribution is 2.37. The summed E-state index contributed by atoms with van der Waals surface area (Å²) in [6, 6.07) is 2.68. The molecule has 1 saturated carbocycles. The summed E-state index contributed by atoms with van der Waals surface area (Å²) in [5.74, 6) is -1.64. The summed E-state index contributed by atoms with van der Waals surface area (Å²) in [6.07, 6.45) is 0.0169. The lowest BCUT2D eigenvalue weighted by molar-refractivity contribution is -0.183. The molecule has 0 unspecified atom stereocenters. The number of nitrogens with one attached hydrogen (secondary N) is 1. The van der Waals surface area contributed by atoms with Crippen LogP contribution in [0, 0.1) is 5.92 Å². The van der Waals surface area contributed by atoms with E-state index in [0.717, 1.165) is 0 Å². The number of hydrogen-bond acceptors (Lipinski definition) is 2. The average molecular weight is 272 g/mol. The molecule has 0 spiro atoms. The van der Waals surface area contributed by atoms with Crippen LogP contribution in [-0.4, -0.2) is 23.1 Å². The van der Waals surface area contributed by atoms with Crippen molar-refractivity contribution in [3.63, 3.8) is 0 Å². The van der Waals surface area contributed by atoms with Gasteiger partial charge in [0.05, 0.1) is 5.92 Å². The van der Waals surface area contributed by atoms with Crippen molar-refractivity contribution in [2.75, 3.05) is 0 Å². The van der Waals surface area contributed by atoms with E-state index in [0.29, 0.717) is 18.4 Å². The highest BCUT2D eigenvalue weighted by Gasteiger charge is 2.42. The van der Waals surface area contributed by atoms with Crippen LogP contribution in [0.25, 0.3) is 0 Å². The van der Waals surface area contributed by atoms with Crippen molar-refractivity contribution in [2.24, 2.45) is 5.92 Å². The maximum atomic E-state index is 12.7. The second kappa shape index (κ2) is 5.59. The van der Waals surface area contributed by atoms with Gasteiger partial charge in [0.2, 0.25) is 0 Å². The lowest BCUT2D eigenvalue weighted by atomic mass is 9.85. The smallest absolute Gasteiger partial charge is 0.349 e. The molecule has 1 aromatic heterocycles. The van der Waals surface area contributed by atoms with E-state index in [1.165, 1.54) is 12.4 Å². The van der Waals surface area contributed by atoms with Gasteiger partial charge in [-0.05, 0) is 31.4 Å². The number of aromatic nitrogens is 1. The minimum absolute atomic E-state index is 0.0275. The van der Waals surface area contributed by atoms with E-state index in [2.05, 4.69) is 10.3 Å². The van der Waals surface area contributed by atoms with Crippen LogP contribution in [0.5, 0.6) is 0 Å². The molecule has 1 amide bonds. The number of carbonyl (C=O) groups excluding carboxylic acids is 1. The SMILES string of the molecule is O=C(N[C@H]1CCC[C@H](C(F)(F)F)C1)c1ccncc1. The number of nitrogens with zero attached hydrogens (tertiary/aromatic N) is 1. The summed E-state index contributed by atoms with van der Waals surface area (Å²) in [7, 11) is 0. The van der Waals surface area contributed by atoms with Crippen LogP contribution in [0.1, 0.15) is 36.0 Å². The predicted molar refractivity (Wildman–Crippen MR) is 63.5 cm³/mol. The first-order valence-electron chi connectivity index (χ1n) is 6.24. The molecular weight excluding hydrogens is 257 g/mol. The summed E-state index contributed by atoms with van der Waals surface area (Å²) in [5.41, 5.74) is 0.420. The molecule has 2 atom stereocenters. The van der Waals surface area contributed by atoms with Crippen LogP contribution >= 0.6 is 0 Å². The van der Waals surface area contributed by atoms with Gasteiger partial charge in [-0.1, -0.05) is 6.42 Å². The van der Waals surface area contributed by atoms with Gasteiger partial charge >= 0.3 is 6.18 Å². The Kier molecular flexibility index (Phi) is 4.07. The van der Waals surface area contributed by atoms with Crippen molar-refractivity contribution in [1.82, 2.24) is 10.3 Å². The number of amides is 1. The van der Waals surface area contributed by atoms with E-state index in [-0.39, 0.29) is 18.7 Å². The van der Waals surface area contributed by atoms with Gasteiger partial charge in [-0.25, -0.2) is 0 Å². The summed E-state index contributed by atoms with van der Waals surface area (Å²) >= 11 is 0. The van der Waals surface area contributed by atoms with E-state index in [4.69, 9.17) is 0 Å². The molecule has 1 fully saturated rings. The van der Waals surface area contributed by atoms with Crippen molar-refractivity contribution in [2.45, 2.75) is 37.9 Å². The fraction of sp³-hybridized carbons (Fsp3) is 0.538. The Morgan fingerprint density at radius 3 is 2.58 bits per heavy atom. The molecule has 1 aliphatic carbocycles. The number of hydrogen-bond donors (Lipinski definition) is 1. The Morgan fingerprint density at radius 1 is 1.26 bits per heavy atom. The van der Waals surface area contributed by atoms with Crippen molar-refractivity contribution in [1.29, 1.82) is 0 Å². The topological polar surface area (TPSA) is 42.0 Å². The molecule has 3 nitrogen and oxygen atoms in total. The normalized spacial score (nSPS) is 23.9. The summed E-state index contributed by atoms with van der Waals surface area (Å²) in [5, 5.41) is 2.67. The summed E-state index contributed by atoms with van der Waals surface area (Å²) in [4.78, 5) is 15.6. The maximum absolute atomic E-state index is 12.7. The van der Waals surface area contributed by atoms with Gasteiger partial charge in [0.15, 0.2) is 0 Å². The van der Waals surface area contributed by atoms with Crippen LogP contribution in [0.15, 0.2) is 24.5 Å². The molecule has 0 radical (unpaired) electrons. The molecule has 1 heterocycles. The van der Waals surface area contributed by atoms with Gasteiger partial charge in [-0.3, -0.25) is 9.78 Å². The highest BCUT2D eigenvalue weighted by molar-refractivity contribution is 5.94. The molecule has 0 aromatic carbocycles. The lowest BCUT2D eigenvalue weighted by Crippen LogP contribution is -2.41. The lowest BCUT2D eigenvalue weighted by Gasteiger charge is -2.31. The standard InChI is InChI=1S/C13H15F3N2O/c14-13(15,16)10-2-1-3-11(8-10)18-12(19)9-4-6-17-7-5-9/h4-7,10-11H,1-3,8H2,(H,18,19)/t10-,11-/m0/s1. The quantitative estimate of drug-likeness (QED) is 0.899. The van der Waals surface area contributed by atoms with E-state index >= 15 is 0 Å². The number of alkyl halides is 3. The third-order valence-electron chi connectivity index (χ3n) is 3.41. The van der Waals surface area contributed by atoms with E-state index < -0.39 is 18.1 Å². The molecule has 104 valence electrons. The van der Waals surface area contributed by atoms with Crippen molar-refractivity contribution >= 4 is 5.91 Å². The number of rotatable bonds is 2. The average Bonchev–Trinajstić information content (AvgIpc) is 2.39. The Labute approximate surface area is 109 Å². The zero-order chi connectivity index (χ0) is 13.9. The number of pyridine rings is 1. The first kappa shape index (κ1) is 13.8. The fourth-order valence-electron chi connectivity index (χ4n) is 2.39. The molecule has 1 aromatic rings. The van der Waals surface area contributed by atoms with Crippen LogP contribution in [0.3, 0.4) is 0 Å². The third kappa shape index (κ3) is 3.68. The molecule has 0 bridgehead atoms. The maximum Gasteiger partial charge on any atom is 0.391 e. The fourth-order valence-corrected chi connectivity index (χ4v) is 2.39. The van der Waals surface area contributed by atoms with E-state index in [1.807, 2.05) is 0 Å².